The fourth-order valence-corrected chi connectivity index (χ4v) is 2.46. The Labute approximate surface area is 129 Å². The first-order chi connectivity index (χ1) is 10.5. The number of pyridine rings is 1. The van der Waals surface area contributed by atoms with Gasteiger partial charge in [-0.15, -0.1) is 0 Å². The van der Waals surface area contributed by atoms with Crippen LogP contribution in [0.15, 0.2) is 55.1 Å². The van der Waals surface area contributed by atoms with Crippen LogP contribution in [0.25, 0.3) is 22.5 Å². The molecule has 0 atom stereocenters. The van der Waals surface area contributed by atoms with Gasteiger partial charge in [0.2, 0.25) is 0 Å². The molecule has 3 aromatic rings. The summed E-state index contributed by atoms with van der Waals surface area (Å²) in [5, 5.41) is 0. The van der Waals surface area contributed by atoms with Gasteiger partial charge in [-0.05, 0) is 57.2 Å². The Balaban J connectivity index is 2.24. The second kappa shape index (κ2) is 5.37. The average Bonchev–Trinajstić information content (AvgIpc) is 2.94. The van der Waals surface area contributed by atoms with Gasteiger partial charge in [0.1, 0.15) is 5.82 Å². The lowest BCUT2D eigenvalue weighted by Gasteiger charge is -2.24. The smallest absolute Gasteiger partial charge is 0.123 e. The van der Waals surface area contributed by atoms with Gasteiger partial charge in [-0.2, -0.15) is 0 Å². The molecule has 0 fully saturated rings. The number of hydrogen-bond acceptors (Lipinski definition) is 2. The third-order valence-electron chi connectivity index (χ3n) is 3.56. The van der Waals surface area contributed by atoms with Gasteiger partial charge in [0.25, 0.3) is 0 Å². The standard InChI is InChI=1S/C18H18FN3/c1-18(2,3)22-12-21-16(13-4-6-15(19)7-5-13)17(22)14-8-10-20-11-9-14/h4-12H,1-3H3. The van der Waals surface area contributed by atoms with E-state index in [1.165, 1.54) is 12.1 Å². The van der Waals surface area contributed by atoms with Crippen LogP contribution in [-0.2, 0) is 5.54 Å². The van der Waals surface area contributed by atoms with Crippen LogP contribution >= 0.6 is 0 Å². The number of benzene rings is 1. The fourth-order valence-electron chi connectivity index (χ4n) is 2.46. The fraction of sp³-hybridized carbons (Fsp3) is 0.222. The zero-order valence-corrected chi connectivity index (χ0v) is 12.9. The largest absolute Gasteiger partial charge is 0.325 e. The molecule has 0 spiro atoms. The van der Waals surface area contributed by atoms with Crippen molar-refractivity contribution in [2.75, 3.05) is 0 Å². The van der Waals surface area contributed by atoms with Crippen molar-refractivity contribution >= 4 is 0 Å². The van der Waals surface area contributed by atoms with Crippen molar-refractivity contribution < 1.29 is 4.39 Å². The van der Waals surface area contributed by atoms with Crippen LogP contribution in [0.4, 0.5) is 4.39 Å². The summed E-state index contributed by atoms with van der Waals surface area (Å²) in [6.07, 6.45) is 5.38. The lowest BCUT2D eigenvalue weighted by Crippen LogP contribution is -2.21. The number of halogens is 1. The van der Waals surface area contributed by atoms with E-state index in [4.69, 9.17) is 0 Å². The van der Waals surface area contributed by atoms with Crippen molar-refractivity contribution in [3.05, 3.63) is 60.9 Å². The molecule has 112 valence electrons. The second-order valence-electron chi connectivity index (χ2n) is 6.23. The predicted molar refractivity (Wildman–Crippen MR) is 85.8 cm³/mol. The van der Waals surface area contributed by atoms with E-state index in [1.807, 2.05) is 18.5 Å². The molecule has 4 heteroatoms. The van der Waals surface area contributed by atoms with Gasteiger partial charge in [0, 0.05) is 29.1 Å². The van der Waals surface area contributed by atoms with Crippen LogP contribution < -0.4 is 0 Å². The summed E-state index contributed by atoms with van der Waals surface area (Å²) in [4.78, 5) is 8.66. The first-order valence-corrected chi connectivity index (χ1v) is 7.21. The summed E-state index contributed by atoms with van der Waals surface area (Å²) in [6, 6.07) is 10.4. The molecule has 0 unspecified atom stereocenters. The zero-order chi connectivity index (χ0) is 15.7. The van der Waals surface area contributed by atoms with Crippen LogP contribution in [-0.4, -0.2) is 14.5 Å². The lowest BCUT2D eigenvalue weighted by atomic mass is 10.0. The molecule has 0 aliphatic heterocycles. The third-order valence-corrected chi connectivity index (χ3v) is 3.56. The summed E-state index contributed by atoms with van der Waals surface area (Å²) >= 11 is 0. The minimum absolute atomic E-state index is 0.107. The van der Waals surface area contributed by atoms with Gasteiger partial charge in [0.05, 0.1) is 17.7 Å². The molecule has 22 heavy (non-hydrogen) atoms. The molecule has 1 aromatic carbocycles. The van der Waals surface area contributed by atoms with Crippen molar-refractivity contribution in [2.45, 2.75) is 26.3 Å². The Bertz CT molecular complexity index is 768. The van der Waals surface area contributed by atoms with Crippen LogP contribution in [0.5, 0.6) is 0 Å². The quantitative estimate of drug-likeness (QED) is 0.696. The number of imidazole rings is 1. The van der Waals surface area contributed by atoms with Crippen LogP contribution in [0, 0.1) is 5.82 Å². The molecule has 0 radical (unpaired) electrons. The Kier molecular flexibility index (Phi) is 3.53. The van der Waals surface area contributed by atoms with E-state index in [-0.39, 0.29) is 11.4 Å². The molecule has 2 heterocycles. The molecule has 0 aliphatic carbocycles. The van der Waals surface area contributed by atoms with Crippen LogP contribution in [0.2, 0.25) is 0 Å². The van der Waals surface area contributed by atoms with E-state index < -0.39 is 0 Å². The Morgan fingerprint density at radius 1 is 0.909 bits per heavy atom. The third kappa shape index (κ3) is 2.64. The van der Waals surface area contributed by atoms with E-state index in [2.05, 4.69) is 35.3 Å². The van der Waals surface area contributed by atoms with E-state index >= 15 is 0 Å². The molecule has 3 nitrogen and oxygen atoms in total. The Morgan fingerprint density at radius 2 is 1.55 bits per heavy atom. The summed E-state index contributed by atoms with van der Waals surface area (Å²) < 4.78 is 15.3. The van der Waals surface area contributed by atoms with E-state index in [0.29, 0.717) is 0 Å². The topological polar surface area (TPSA) is 30.7 Å². The highest BCUT2D eigenvalue weighted by Crippen LogP contribution is 2.34. The van der Waals surface area contributed by atoms with E-state index in [9.17, 15) is 4.39 Å². The predicted octanol–water partition coefficient (Wildman–Crippen LogP) is 4.51. The molecule has 0 amide bonds. The summed E-state index contributed by atoms with van der Waals surface area (Å²) in [7, 11) is 0. The molecule has 0 saturated heterocycles. The minimum atomic E-state index is -0.246. The maximum Gasteiger partial charge on any atom is 0.123 e. The highest BCUT2D eigenvalue weighted by Gasteiger charge is 2.22. The maximum atomic E-state index is 13.2. The van der Waals surface area contributed by atoms with Gasteiger partial charge in [0.15, 0.2) is 0 Å². The zero-order valence-electron chi connectivity index (χ0n) is 12.9. The van der Waals surface area contributed by atoms with Gasteiger partial charge in [-0.25, -0.2) is 9.37 Å². The maximum absolute atomic E-state index is 13.2. The summed E-state index contributed by atoms with van der Waals surface area (Å²) in [6.45, 7) is 6.40. The number of hydrogen-bond donors (Lipinski definition) is 0. The number of nitrogens with zero attached hydrogens (tertiary/aromatic N) is 3. The Morgan fingerprint density at radius 3 is 2.14 bits per heavy atom. The average molecular weight is 295 g/mol. The van der Waals surface area contributed by atoms with Crippen molar-refractivity contribution in [2.24, 2.45) is 0 Å². The van der Waals surface area contributed by atoms with Crippen molar-refractivity contribution in [1.82, 2.24) is 14.5 Å². The molecular weight excluding hydrogens is 277 g/mol. The molecule has 0 N–H and O–H groups in total. The van der Waals surface area contributed by atoms with Crippen molar-refractivity contribution in [3.63, 3.8) is 0 Å². The SMILES string of the molecule is CC(C)(C)n1cnc(-c2ccc(F)cc2)c1-c1ccncc1. The molecule has 0 aliphatic rings. The van der Waals surface area contributed by atoms with Crippen molar-refractivity contribution in [3.8, 4) is 22.5 Å². The summed E-state index contributed by atoms with van der Waals surface area (Å²) in [5.74, 6) is -0.246. The number of rotatable bonds is 2. The monoisotopic (exact) mass is 295 g/mol. The lowest BCUT2D eigenvalue weighted by molar-refractivity contribution is 0.400. The van der Waals surface area contributed by atoms with Crippen molar-refractivity contribution in [1.29, 1.82) is 0 Å². The van der Waals surface area contributed by atoms with E-state index in [0.717, 1.165) is 22.5 Å². The first kappa shape index (κ1) is 14.4. The molecule has 0 saturated carbocycles. The first-order valence-electron chi connectivity index (χ1n) is 7.21. The van der Waals surface area contributed by atoms with Gasteiger partial charge in [-0.1, -0.05) is 0 Å². The molecular formula is C18H18FN3. The molecule has 3 rings (SSSR count). The molecule has 2 aromatic heterocycles. The van der Waals surface area contributed by atoms with Gasteiger partial charge >= 0.3 is 0 Å². The Hall–Kier alpha value is -2.49. The number of aromatic nitrogens is 3. The van der Waals surface area contributed by atoms with Crippen LogP contribution in [0.1, 0.15) is 20.8 Å². The normalized spacial score (nSPS) is 11.6. The molecule has 0 bridgehead atoms. The minimum Gasteiger partial charge on any atom is -0.325 e. The van der Waals surface area contributed by atoms with Crippen LogP contribution in [0.3, 0.4) is 0 Å². The van der Waals surface area contributed by atoms with Gasteiger partial charge in [-0.3, -0.25) is 4.98 Å². The van der Waals surface area contributed by atoms with E-state index in [1.54, 1.807) is 24.5 Å². The highest BCUT2D eigenvalue weighted by molar-refractivity contribution is 5.78. The van der Waals surface area contributed by atoms with Gasteiger partial charge < -0.3 is 4.57 Å². The highest BCUT2D eigenvalue weighted by atomic mass is 19.1. The summed E-state index contributed by atoms with van der Waals surface area (Å²) in [5.41, 5.74) is 3.70. The second-order valence-corrected chi connectivity index (χ2v) is 6.23.